The number of anilines is 2. The van der Waals surface area contributed by atoms with E-state index in [-0.39, 0.29) is 27.8 Å². The number of nitro benzene ring substituents is 1. The third-order valence-electron chi connectivity index (χ3n) is 2.49. The van der Waals surface area contributed by atoms with Crippen LogP contribution in [0.15, 0.2) is 36.5 Å². The highest BCUT2D eigenvalue weighted by atomic mass is 35.5. The Bertz CT molecular complexity index is 690. The van der Waals surface area contributed by atoms with Crippen molar-refractivity contribution in [1.82, 2.24) is 4.98 Å². The molecule has 0 aliphatic heterocycles. The van der Waals surface area contributed by atoms with Gasteiger partial charge in [-0.1, -0.05) is 11.6 Å². The van der Waals surface area contributed by atoms with Gasteiger partial charge >= 0.3 is 0 Å². The quantitative estimate of drug-likeness (QED) is 0.667. The van der Waals surface area contributed by atoms with Crippen LogP contribution in [0.2, 0.25) is 5.02 Å². The van der Waals surface area contributed by atoms with Gasteiger partial charge in [0.05, 0.1) is 21.2 Å². The van der Waals surface area contributed by atoms with E-state index in [4.69, 9.17) is 17.3 Å². The van der Waals surface area contributed by atoms with E-state index in [9.17, 15) is 14.9 Å². The number of hydrogen-bond acceptors (Lipinski definition) is 5. The second kappa shape index (κ2) is 5.54. The summed E-state index contributed by atoms with van der Waals surface area (Å²) in [6.45, 7) is 0. The Morgan fingerprint density at radius 3 is 2.80 bits per heavy atom. The Morgan fingerprint density at radius 1 is 1.40 bits per heavy atom. The first kappa shape index (κ1) is 13.8. The average molecular weight is 293 g/mol. The molecule has 102 valence electrons. The van der Waals surface area contributed by atoms with E-state index in [0.717, 1.165) is 0 Å². The summed E-state index contributed by atoms with van der Waals surface area (Å²) < 4.78 is 0. The van der Waals surface area contributed by atoms with Crippen molar-refractivity contribution in [3.63, 3.8) is 0 Å². The van der Waals surface area contributed by atoms with E-state index in [1.807, 2.05) is 0 Å². The van der Waals surface area contributed by atoms with E-state index in [0.29, 0.717) is 0 Å². The number of non-ortho nitro benzene ring substituents is 1. The van der Waals surface area contributed by atoms with Gasteiger partial charge in [-0.2, -0.15) is 0 Å². The van der Waals surface area contributed by atoms with Crippen molar-refractivity contribution in [2.75, 3.05) is 11.1 Å². The molecule has 20 heavy (non-hydrogen) atoms. The molecule has 8 heteroatoms. The van der Waals surface area contributed by atoms with Crippen molar-refractivity contribution < 1.29 is 9.72 Å². The minimum atomic E-state index is -0.579. The molecule has 0 saturated carbocycles. The van der Waals surface area contributed by atoms with Gasteiger partial charge in [0.25, 0.3) is 11.6 Å². The number of carbonyl (C=O) groups is 1. The molecule has 0 bridgehead atoms. The fourth-order valence-electron chi connectivity index (χ4n) is 1.52. The van der Waals surface area contributed by atoms with E-state index in [2.05, 4.69) is 10.3 Å². The Kier molecular flexibility index (Phi) is 3.81. The number of aromatic nitrogens is 1. The highest BCUT2D eigenvalue weighted by molar-refractivity contribution is 6.34. The standard InChI is InChI=1S/C12H9ClN4O3/c13-9-4-3-7(17(19)20)6-10(9)16-12(18)8-2-1-5-15-11(8)14/h1-6H,(H2,14,15)(H,16,18). The van der Waals surface area contributed by atoms with Crippen LogP contribution in [0.1, 0.15) is 10.4 Å². The monoisotopic (exact) mass is 292 g/mol. The summed E-state index contributed by atoms with van der Waals surface area (Å²) in [6.07, 6.45) is 1.45. The number of carbonyl (C=O) groups excluding carboxylic acids is 1. The second-order valence-corrected chi connectivity index (χ2v) is 4.22. The first-order chi connectivity index (χ1) is 9.49. The highest BCUT2D eigenvalue weighted by Crippen LogP contribution is 2.27. The van der Waals surface area contributed by atoms with Crippen LogP contribution >= 0.6 is 11.6 Å². The number of nitrogens with zero attached hydrogens (tertiary/aromatic N) is 2. The predicted octanol–water partition coefficient (Wildman–Crippen LogP) is 2.48. The van der Waals surface area contributed by atoms with Crippen LogP contribution in [0.25, 0.3) is 0 Å². The lowest BCUT2D eigenvalue weighted by molar-refractivity contribution is -0.384. The summed E-state index contributed by atoms with van der Waals surface area (Å²) in [5.74, 6) is -0.482. The molecule has 7 nitrogen and oxygen atoms in total. The maximum Gasteiger partial charge on any atom is 0.271 e. The van der Waals surface area contributed by atoms with Gasteiger partial charge in [0.15, 0.2) is 0 Å². The number of halogens is 1. The van der Waals surface area contributed by atoms with Crippen LogP contribution in [0.3, 0.4) is 0 Å². The van der Waals surface area contributed by atoms with Crippen LogP contribution in [-0.2, 0) is 0 Å². The Balaban J connectivity index is 2.30. The molecule has 1 aromatic carbocycles. The zero-order valence-electron chi connectivity index (χ0n) is 10.0. The molecule has 2 aromatic rings. The Morgan fingerprint density at radius 2 is 2.15 bits per heavy atom. The summed E-state index contributed by atoms with van der Waals surface area (Å²) in [6, 6.07) is 6.80. The van der Waals surface area contributed by atoms with Gasteiger partial charge in [-0.25, -0.2) is 4.98 Å². The predicted molar refractivity (Wildman–Crippen MR) is 74.7 cm³/mol. The molecular weight excluding hydrogens is 284 g/mol. The first-order valence-corrected chi connectivity index (χ1v) is 5.82. The number of benzene rings is 1. The number of nitro groups is 1. The van der Waals surface area contributed by atoms with Crippen LogP contribution in [0.4, 0.5) is 17.2 Å². The molecule has 0 aliphatic rings. The maximum atomic E-state index is 12.0. The van der Waals surface area contributed by atoms with Crippen LogP contribution in [0.5, 0.6) is 0 Å². The van der Waals surface area contributed by atoms with E-state index >= 15 is 0 Å². The van der Waals surface area contributed by atoms with Gasteiger partial charge in [-0.15, -0.1) is 0 Å². The average Bonchev–Trinajstić information content (AvgIpc) is 2.41. The molecule has 0 unspecified atom stereocenters. The van der Waals surface area contributed by atoms with Gasteiger partial charge < -0.3 is 11.1 Å². The number of amides is 1. The SMILES string of the molecule is Nc1ncccc1C(=O)Nc1cc([N+](=O)[O-])ccc1Cl. The molecule has 1 heterocycles. The molecule has 0 fully saturated rings. The minimum absolute atomic E-state index is 0.0616. The van der Waals surface area contributed by atoms with Crippen molar-refractivity contribution in [3.05, 3.63) is 57.2 Å². The number of nitrogens with two attached hydrogens (primary N) is 1. The summed E-state index contributed by atoms with van der Waals surface area (Å²) in [7, 11) is 0. The molecule has 0 aliphatic carbocycles. The van der Waals surface area contributed by atoms with Crippen molar-refractivity contribution in [1.29, 1.82) is 0 Å². The summed E-state index contributed by atoms with van der Waals surface area (Å²) in [5, 5.41) is 13.3. The Labute approximate surface area is 118 Å². The summed E-state index contributed by atoms with van der Waals surface area (Å²) >= 11 is 5.89. The van der Waals surface area contributed by atoms with Gasteiger partial charge in [0.1, 0.15) is 5.82 Å². The van der Waals surface area contributed by atoms with Gasteiger partial charge in [-0.05, 0) is 18.2 Å². The van der Waals surface area contributed by atoms with E-state index in [1.54, 1.807) is 6.07 Å². The second-order valence-electron chi connectivity index (χ2n) is 3.81. The molecule has 0 atom stereocenters. The minimum Gasteiger partial charge on any atom is -0.383 e. The fourth-order valence-corrected chi connectivity index (χ4v) is 1.69. The third-order valence-corrected chi connectivity index (χ3v) is 2.82. The smallest absolute Gasteiger partial charge is 0.271 e. The third kappa shape index (κ3) is 2.83. The van der Waals surface area contributed by atoms with Gasteiger partial charge in [-0.3, -0.25) is 14.9 Å². The van der Waals surface area contributed by atoms with Gasteiger partial charge in [0.2, 0.25) is 0 Å². The normalized spacial score (nSPS) is 10.1. The summed E-state index contributed by atoms with van der Waals surface area (Å²) in [4.78, 5) is 25.9. The lowest BCUT2D eigenvalue weighted by Gasteiger charge is -2.08. The van der Waals surface area contributed by atoms with E-state index < -0.39 is 10.8 Å². The number of hydrogen-bond donors (Lipinski definition) is 2. The van der Waals surface area contributed by atoms with E-state index in [1.165, 1.54) is 30.5 Å². The zero-order valence-corrected chi connectivity index (χ0v) is 10.8. The largest absolute Gasteiger partial charge is 0.383 e. The Hall–Kier alpha value is -2.67. The molecule has 3 N–H and O–H groups in total. The van der Waals surface area contributed by atoms with Gasteiger partial charge in [0, 0.05) is 18.3 Å². The highest BCUT2D eigenvalue weighted by Gasteiger charge is 2.15. The van der Waals surface area contributed by atoms with Crippen molar-refractivity contribution in [2.45, 2.75) is 0 Å². The van der Waals surface area contributed by atoms with Crippen LogP contribution in [-0.4, -0.2) is 15.8 Å². The lowest BCUT2D eigenvalue weighted by Crippen LogP contribution is -2.15. The molecule has 0 saturated heterocycles. The molecular formula is C12H9ClN4O3. The zero-order chi connectivity index (χ0) is 14.7. The molecule has 1 aromatic heterocycles. The summed E-state index contributed by atoms with van der Waals surface area (Å²) in [5.41, 5.74) is 5.70. The number of nitrogen functional groups attached to an aromatic ring is 1. The molecule has 0 spiro atoms. The molecule has 2 rings (SSSR count). The molecule has 1 amide bonds. The van der Waals surface area contributed by atoms with Crippen LogP contribution in [0, 0.1) is 10.1 Å². The fraction of sp³-hybridized carbons (Fsp3) is 0. The molecule has 0 radical (unpaired) electrons. The van der Waals surface area contributed by atoms with Crippen molar-refractivity contribution in [3.8, 4) is 0 Å². The maximum absolute atomic E-state index is 12.0. The van der Waals surface area contributed by atoms with Crippen molar-refractivity contribution >= 4 is 34.7 Å². The number of rotatable bonds is 3. The first-order valence-electron chi connectivity index (χ1n) is 5.45. The number of pyridine rings is 1. The van der Waals surface area contributed by atoms with Crippen molar-refractivity contribution in [2.24, 2.45) is 0 Å². The number of nitrogens with one attached hydrogen (secondary N) is 1. The lowest BCUT2D eigenvalue weighted by atomic mass is 10.2. The topological polar surface area (TPSA) is 111 Å². The van der Waals surface area contributed by atoms with Crippen LogP contribution < -0.4 is 11.1 Å².